The van der Waals surface area contributed by atoms with Crippen LogP contribution < -0.4 is 9.46 Å². The number of methoxy groups -OCH3 is 1. The maximum Gasteiger partial charge on any atom is 0.229 e. The highest BCUT2D eigenvalue weighted by Crippen LogP contribution is 2.31. The van der Waals surface area contributed by atoms with Crippen LogP contribution in [0.2, 0.25) is 0 Å². The van der Waals surface area contributed by atoms with Crippen LogP contribution >= 0.6 is 0 Å². The second kappa shape index (κ2) is 5.93. The molecule has 0 saturated heterocycles. The molecule has 2 rings (SSSR count). The fraction of sp³-hybridized carbons (Fsp3) is 0.500. The molecule has 1 N–H and O–H groups in total. The van der Waals surface area contributed by atoms with Crippen molar-refractivity contribution in [2.45, 2.75) is 19.9 Å². The number of anilines is 1. The van der Waals surface area contributed by atoms with Gasteiger partial charge in [-0.25, -0.2) is 13.4 Å². The summed E-state index contributed by atoms with van der Waals surface area (Å²) in [5.74, 6) is 1.23. The lowest BCUT2D eigenvalue weighted by molar-refractivity contribution is 0.292. The Morgan fingerprint density at radius 2 is 2.14 bits per heavy atom. The van der Waals surface area contributed by atoms with E-state index in [1.54, 1.807) is 18.2 Å². The molecule has 0 aliphatic carbocycles. The quantitative estimate of drug-likeness (QED) is 0.900. The summed E-state index contributed by atoms with van der Waals surface area (Å²) in [6.07, 6.45) is 1.09. The smallest absolute Gasteiger partial charge is 0.229 e. The van der Waals surface area contributed by atoms with Crippen LogP contribution in [0.3, 0.4) is 0 Å². The molecule has 1 aliphatic rings. The number of hydrogen-bond acceptors (Lipinski definition) is 5. The minimum Gasteiger partial charge on any atom is -0.495 e. The van der Waals surface area contributed by atoms with Gasteiger partial charge in [-0.15, -0.1) is 0 Å². The van der Waals surface area contributed by atoms with E-state index >= 15 is 0 Å². The van der Waals surface area contributed by atoms with Crippen molar-refractivity contribution in [2.24, 2.45) is 10.9 Å². The van der Waals surface area contributed by atoms with Gasteiger partial charge in [-0.05, 0) is 18.1 Å². The molecule has 0 aromatic heterocycles. The topological polar surface area (TPSA) is 77.0 Å². The van der Waals surface area contributed by atoms with E-state index in [0.29, 0.717) is 35.4 Å². The zero-order valence-corrected chi connectivity index (χ0v) is 13.4. The standard InChI is InChI=1S/C14H20N2O4S/c1-9(2)11-8-20-14(15-11)10-6-5-7-12(19-3)13(10)16-21(4,17)18/h5-7,9,11,16H,8H2,1-4H3/t11-/m0/s1. The van der Waals surface area contributed by atoms with Gasteiger partial charge in [0.1, 0.15) is 18.0 Å². The van der Waals surface area contributed by atoms with Gasteiger partial charge >= 0.3 is 0 Å². The molecule has 1 aromatic rings. The van der Waals surface area contributed by atoms with Gasteiger partial charge in [-0.1, -0.05) is 19.9 Å². The van der Waals surface area contributed by atoms with Gasteiger partial charge in [-0.2, -0.15) is 0 Å². The average molecular weight is 312 g/mol. The molecule has 1 heterocycles. The van der Waals surface area contributed by atoms with E-state index in [2.05, 4.69) is 23.6 Å². The molecule has 1 atom stereocenters. The van der Waals surface area contributed by atoms with Crippen molar-refractivity contribution in [1.29, 1.82) is 0 Å². The Hall–Kier alpha value is -1.76. The molecule has 0 unspecified atom stereocenters. The number of ether oxygens (including phenoxy) is 2. The van der Waals surface area contributed by atoms with E-state index in [0.717, 1.165) is 6.26 Å². The van der Waals surface area contributed by atoms with Gasteiger partial charge < -0.3 is 9.47 Å². The molecule has 1 aliphatic heterocycles. The average Bonchev–Trinajstić information content (AvgIpc) is 2.86. The van der Waals surface area contributed by atoms with E-state index in [9.17, 15) is 8.42 Å². The number of sulfonamides is 1. The van der Waals surface area contributed by atoms with Crippen LogP contribution in [0.15, 0.2) is 23.2 Å². The van der Waals surface area contributed by atoms with Crippen LogP contribution in [0.25, 0.3) is 0 Å². The lowest BCUT2D eigenvalue weighted by Gasteiger charge is -2.14. The van der Waals surface area contributed by atoms with Gasteiger partial charge in [0.25, 0.3) is 0 Å². The first-order chi connectivity index (χ1) is 9.81. The van der Waals surface area contributed by atoms with Crippen LogP contribution in [0.5, 0.6) is 5.75 Å². The van der Waals surface area contributed by atoms with Gasteiger partial charge in [-0.3, -0.25) is 4.72 Å². The van der Waals surface area contributed by atoms with Crippen LogP contribution in [0.1, 0.15) is 19.4 Å². The van der Waals surface area contributed by atoms with Crippen molar-refractivity contribution in [2.75, 3.05) is 24.7 Å². The third-order valence-electron chi connectivity index (χ3n) is 3.21. The maximum atomic E-state index is 11.6. The molecule has 0 radical (unpaired) electrons. The number of nitrogens with zero attached hydrogens (tertiary/aromatic N) is 1. The Morgan fingerprint density at radius 3 is 2.67 bits per heavy atom. The third-order valence-corrected chi connectivity index (χ3v) is 3.78. The number of hydrogen-bond donors (Lipinski definition) is 1. The van der Waals surface area contributed by atoms with Crippen molar-refractivity contribution >= 4 is 21.6 Å². The van der Waals surface area contributed by atoms with Gasteiger partial charge in [0.15, 0.2) is 0 Å². The first-order valence-corrected chi connectivity index (χ1v) is 8.56. The summed E-state index contributed by atoms with van der Waals surface area (Å²) in [6, 6.07) is 5.30. The number of benzene rings is 1. The highest BCUT2D eigenvalue weighted by molar-refractivity contribution is 7.92. The molecule has 0 spiro atoms. The van der Waals surface area contributed by atoms with Crippen LogP contribution in [-0.4, -0.2) is 40.3 Å². The molecule has 0 amide bonds. The van der Waals surface area contributed by atoms with Crippen molar-refractivity contribution in [1.82, 2.24) is 0 Å². The molecular formula is C14H20N2O4S. The highest BCUT2D eigenvalue weighted by atomic mass is 32.2. The summed E-state index contributed by atoms with van der Waals surface area (Å²) < 4.78 is 36.5. The molecule has 0 saturated carbocycles. The number of para-hydroxylation sites is 1. The van der Waals surface area contributed by atoms with Crippen molar-refractivity contribution in [3.63, 3.8) is 0 Å². The van der Waals surface area contributed by atoms with E-state index in [4.69, 9.17) is 9.47 Å². The van der Waals surface area contributed by atoms with E-state index in [1.807, 2.05) is 0 Å². The summed E-state index contributed by atoms with van der Waals surface area (Å²) in [5, 5.41) is 0. The summed E-state index contributed by atoms with van der Waals surface area (Å²) in [6.45, 7) is 4.64. The predicted molar refractivity (Wildman–Crippen MR) is 82.6 cm³/mol. The molecule has 6 nitrogen and oxygen atoms in total. The van der Waals surface area contributed by atoms with Crippen molar-refractivity contribution < 1.29 is 17.9 Å². The Balaban J connectivity index is 2.47. The Bertz CT molecular complexity index is 653. The fourth-order valence-electron chi connectivity index (χ4n) is 2.05. The normalized spacial score (nSPS) is 18.3. The lowest BCUT2D eigenvalue weighted by atomic mass is 10.1. The first-order valence-electron chi connectivity index (χ1n) is 6.67. The molecule has 116 valence electrons. The van der Waals surface area contributed by atoms with Crippen molar-refractivity contribution in [3.8, 4) is 5.75 Å². The summed E-state index contributed by atoms with van der Waals surface area (Å²) >= 11 is 0. The largest absolute Gasteiger partial charge is 0.495 e. The summed E-state index contributed by atoms with van der Waals surface area (Å²) in [7, 11) is -1.95. The zero-order valence-electron chi connectivity index (χ0n) is 12.6. The molecule has 1 aromatic carbocycles. The van der Waals surface area contributed by atoms with Gasteiger partial charge in [0, 0.05) is 0 Å². The number of rotatable bonds is 5. The lowest BCUT2D eigenvalue weighted by Crippen LogP contribution is -2.15. The van der Waals surface area contributed by atoms with Crippen molar-refractivity contribution in [3.05, 3.63) is 23.8 Å². The van der Waals surface area contributed by atoms with E-state index in [1.165, 1.54) is 7.11 Å². The second-order valence-corrected chi connectivity index (χ2v) is 7.06. The molecule has 0 fully saturated rings. The highest BCUT2D eigenvalue weighted by Gasteiger charge is 2.26. The monoisotopic (exact) mass is 312 g/mol. The summed E-state index contributed by atoms with van der Waals surface area (Å²) in [4.78, 5) is 4.53. The first kappa shape index (κ1) is 15.6. The van der Waals surface area contributed by atoms with Gasteiger partial charge in [0.2, 0.25) is 15.9 Å². The number of aliphatic imine (C=N–C) groups is 1. The Kier molecular flexibility index (Phi) is 4.41. The summed E-state index contributed by atoms with van der Waals surface area (Å²) in [5.41, 5.74) is 0.939. The van der Waals surface area contributed by atoms with Crippen LogP contribution in [-0.2, 0) is 14.8 Å². The minimum atomic E-state index is -3.43. The minimum absolute atomic E-state index is 0.0808. The SMILES string of the molecule is COc1cccc(C2=N[C@H](C(C)C)CO2)c1NS(C)(=O)=O. The molecular weight excluding hydrogens is 292 g/mol. The van der Waals surface area contributed by atoms with Crippen LogP contribution in [0.4, 0.5) is 5.69 Å². The molecule has 7 heteroatoms. The van der Waals surface area contributed by atoms with Crippen LogP contribution in [0, 0.1) is 5.92 Å². The Labute approximate surface area is 125 Å². The van der Waals surface area contributed by atoms with E-state index < -0.39 is 10.0 Å². The maximum absolute atomic E-state index is 11.6. The predicted octanol–water partition coefficient (Wildman–Crippen LogP) is 1.87. The second-order valence-electron chi connectivity index (χ2n) is 5.31. The van der Waals surface area contributed by atoms with E-state index in [-0.39, 0.29) is 6.04 Å². The zero-order chi connectivity index (χ0) is 15.6. The Morgan fingerprint density at radius 1 is 1.43 bits per heavy atom. The third kappa shape index (κ3) is 3.66. The fourth-order valence-corrected chi connectivity index (χ4v) is 2.63. The number of nitrogens with one attached hydrogen (secondary N) is 1. The molecule has 0 bridgehead atoms. The molecule has 21 heavy (non-hydrogen) atoms. The van der Waals surface area contributed by atoms with Gasteiger partial charge in [0.05, 0.1) is 25.0 Å².